The fourth-order valence-electron chi connectivity index (χ4n) is 10.0. The number of urea groups is 1. The second-order valence-electron chi connectivity index (χ2n) is 18.5. The molecule has 3 atom stereocenters. The van der Waals surface area contributed by atoms with Crippen molar-refractivity contribution in [3.63, 3.8) is 0 Å². The average Bonchev–Trinajstić information content (AvgIpc) is 4.05. The molecule has 2 aromatic carbocycles. The topological polar surface area (TPSA) is 183 Å². The second-order valence-corrected chi connectivity index (χ2v) is 18.5. The number of imide groups is 1. The Morgan fingerprint density at radius 2 is 1.74 bits per heavy atom. The van der Waals surface area contributed by atoms with Crippen LogP contribution in [0.1, 0.15) is 99.2 Å². The molecule has 16 nitrogen and oxygen atoms in total. The van der Waals surface area contributed by atoms with Crippen molar-refractivity contribution in [2.45, 2.75) is 103 Å². The van der Waals surface area contributed by atoms with Gasteiger partial charge in [0.1, 0.15) is 17.7 Å². The van der Waals surface area contributed by atoms with E-state index in [2.05, 4.69) is 75.6 Å². The van der Waals surface area contributed by atoms with Crippen LogP contribution in [0.5, 0.6) is 0 Å². The molecule has 3 N–H and O–H groups in total. The van der Waals surface area contributed by atoms with E-state index in [1.54, 1.807) is 11.2 Å². The molecule has 2 bridgehead atoms. The van der Waals surface area contributed by atoms with Crippen LogP contribution in [-0.4, -0.2) is 89.3 Å². The molecule has 4 aliphatic heterocycles. The third kappa shape index (κ3) is 7.50. The monoisotopic (exact) mass is 836 g/mol. The van der Waals surface area contributed by atoms with Crippen LogP contribution in [0.2, 0.25) is 0 Å². The number of anilines is 2. The molecule has 4 aliphatic rings. The van der Waals surface area contributed by atoms with E-state index in [9.17, 15) is 14.4 Å². The number of carbonyl (C=O) groups is 3. The van der Waals surface area contributed by atoms with Gasteiger partial charge in [-0.1, -0.05) is 38.1 Å². The first-order valence-electron chi connectivity index (χ1n) is 21.7. The largest absolute Gasteiger partial charge is 0.366 e. The van der Waals surface area contributed by atoms with Crippen molar-refractivity contribution >= 4 is 40.3 Å². The number of nitrogens with zero attached hydrogens (tertiary/aromatic N) is 9. The number of fused-ring (bicyclic) bond motifs is 4. The van der Waals surface area contributed by atoms with E-state index in [1.165, 1.54) is 37.1 Å². The summed E-state index contributed by atoms with van der Waals surface area (Å²) in [5.41, 5.74) is 9.24. The highest BCUT2D eigenvalue weighted by atomic mass is 16.5. The lowest BCUT2D eigenvalue weighted by Crippen LogP contribution is -2.49. The van der Waals surface area contributed by atoms with E-state index in [0.29, 0.717) is 36.8 Å². The SMILES string of the molecule is Cc1cc(-c2ncnc3[nH]c(-c4cc5n(n4)CCN(CC4CC6CCC(C4)N6c4ccc(N6CCC(=O)NC6=O)cc4)C5)cc23)ccc1[C@@H](C)NC(=O)c1nc(C(C)(C)C)no1. The number of aromatic nitrogens is 7. The van der Waals surface area contributed by atoms with Gasteiger partial charge in [0.2, 0.25) is 5.91 Å². The van der Waals surface area contributed by atoms with Crippen molar-refractivity contribution in [1.82, 2.24) is 50.4 Å². The minimum atomic E-state index is -0.410. The summed E-state index contributed by atoms with van der Waals surface area (Å²) in [4.78, 5) is 60.9. The van der Waals surface area contributed by atoms with Crippen molar-refractivity contribution < 1.29 is 18.9 Å². The van der Waals surface area contributed by atoms with Gasteiger partial charge in [0.15, 0.2) is 5.82 Å². The zero-order chi connectivity index (χ0) is 42.9. The summed E-state index contributed by atoms with van der Waals surface area (Å²) in [6, 6.07) is 19.2. The lowest BCUT2D eigenvalue weighted by Gasteiger charge is -2.42. The Morgan fingerprint density at radius 1 is 0.968 bits per heavy atom. The van der Waals surface area contributed by atoms with E-state index in [4.69, 9.17) is 14.6 Å². The van der Waals surface area contributed by atoms with E-state index in [1.807, 2.05) is 58.9 Å². The zero-order valence-electron chi connectivity index (χ0n) is 35.8. The Labute approximate surface area is 359 Å². The lowest BCUT2D eigenvalue weighted by molar-refractivity contribution is -0.120. The maximum atomic E-state index is 13.0. The first-order valence-corrected chi connectivity index (χ1v) is 21.7. The number of aryl methyl sites for hydroxylation is 1. The number of amides is 4. The molecule has 4 amide bonds. The fourth-order valence-corrected chi connectivity index (χ4v) is 10.0. The third-order valence-corrected chi connectivity index (χ3v) is 13.1. The summed E-state index contributed by atoms with van der Waals surface area (Å²) in [5.74, 6) is 0.443. The van der Waals surface area contributed by atoms with Crippen molar-refractivity contribution in [3.8, 4) is 22.6 Å². The average molecular weight is 837 g/mol. The predicted molar refractivity (Wildman–Crippen MR) is 233 cm³/mol. The summed E-state index contributed by atoms with van der Waals surface area (Å²) < 4.78 is 7.40. The van der Waals surface area contributed by atoms with Crippen LogP contribution in [0.4, 0.5) is 16.2 Å². The molecule has 320 valence electrons. The maximum absolute atomic E-state index is 13.0. The molecule has 10 rings (SSSR count). The van der Waals surface area contributed by atoms with Crippen molar-refractivity contribution in [3.05, 3.63) is 89.5 Å². The van der Waals surface area contributed by atoms with Gasteiger partial charge in [0.05, 0.1) is 29.7 Å². The number of piperidine rings is 1. The summed E-state index contributed by atoms with van der Waals surface area (Å²) in [5, 5.41) is 15.4. The van der Waals surface area contributed by atoms with Gasteiger partial charge in [-0.15, -0.1) is 0 Å². The highest BCUT2D eigenvalue weighted by Crippen LogP contribution is 2.43. The molecule has 0 aliphatic carbocycles. The fraction of sp³-hybridized carbons (Fsp3) is 0.435. The summed E-state index contributed by atoms with van der Waals surface area (Å²) in [7, 11) is 0. The quantitative estimate of drug-likeness (QED) is 0.141. The summed E-state index contributed by atoms with van der Waals surface area (Å²) in [6.07, 6.45) is 6.67. The highest BCUT2D eigenvalue weighted by Gasteiger charge is 2.41. The molecule has 0 spiro atoms. The Morgan fingerprint density at radius 3 is 2.47 bits per heavy atom. The number of rotatable bonds is 9. The molecule has 4 aromatic heterocycles. The highest BCUT2D eigenvalue weighted by molar-refractivity contribution is 6.05. The minimum absolute atomic E-state index is 0.0490. The normalized spacial score (nSPS) is 21.0. The number of nitrogens with one attached hydrogen (secondary N) is 3. The molecular formula is C46H52N12O4. The van der Waals surface area contributed by atoms with Gasteiger partial charge in [-0.25, -0.2) is 14.8 Å². The lowest BCUT2D eigenvalue weighted by atomic mass is 9.89. The number of H-pyrrole nitrogens is 1. The molecule has 6 aromatic rings. The molecule has 0 radical (unpaired) electrons. The number of carbonyl (C=O) groups excluding carboxylic acids is 3. The predicted octanol–water partition coefficient (Wildman–Crippen LogP) is 6.68. The van der Waals surface area contributed by atoms with Gasteiger partial charge in [-0.2, -0.15) is 10.1 Å². The summed E-state index contributed by atoms with van der Waals surface area (Å²) in [6.45, 7) is 14.0. The van der Waals surface area contributed by atoms with Gasteiger partial charge in [-0.3, -0.25) is 29.4 Å². The molecule has 3 saturated heterocycles. The van der Waals surface area contributed by atoms with E-state index >= 15 is 0 Å². The molecule has 2 unspecified atom stereocenters. The molecule has 16 heteroatoms. The Kier molecular flexibility index (Phi) is 9.92. The molecule has 3 fully saturated rings. The van der Waals surface area contributed by atoms with Gasteiger partial charge in [-0.05, 0) is 99.0 Å². The number of hydrogen-bond acceptors (Lipinski definition) is 11. The van der Waals surface area contributed by atoms with Crippen LogP contribution < -0.4 is 20.4 Å². The van der Waals surface area contributed by atoms with Gasteiger partial charge in [0, 0.05) is 72.4 Å². The van der Waals surface area contributed by atoms with Gasteiger partial charge in [0.25, 0.3) is 0 Å². The number of hydrogen-bond donors (Lipinski definition) is 3. The summed E-state index contributed by atoms with van der Waals surface area (Å²) >= 11 is 0. The van der Waals surface area contributed by atoms with Crippen molar-refractivity contribution in [2.75, 3.05) is 29.4 Å². The Hall–Kier alpha value is -6.42. The molecular weight excluding hydrogens is 785 g/mol. The van der Waals surface area contributed by atoms with Crippen LogP contribution in [0.15, 0.2) is 65.4 Å². The van der Waals surface area contributed by atoms with E-state index in [0.717, 1.165) is 76.7 Å². The zero-order valence-corrected chi connectivity index (χ0v) is 35.8. The molecule has 0 saturated carbocycles. The van der Waals surface area contributed by atoms with Crippen LogP contribution in [-0.2, 0) is 23.3 Å². The third-order valence-electron chi connectivity index (χ3n) is 13.1. The van der Waals surface area contributed by atoms with Crippen LogP contribution in [0, 0.1) is 12.8 Å². The minimum Gasteiger partial charge on any atom is -0.366 e. The number of benzene rings is 2. The molecule has 8 heterocycles. The molecule has 62 heavy (non-hydrogen) atoms. The van der Waals surface area contributed by atoms with Crippen LogP contribution in [0.3, 0.4) is 0 Å². The van der Waals surface area contributed by atoms with Gasteiger partial charge >= 0.3 is 17.8 Å². The second kappa shape index (κ2) is 15.5. The van der Waals surface area contributed by atoms with Crippen molar-refractivity contribution in [1.29, 1.82) is 0 Å². The number of aromatic amines is 1. The smallest absolute Gasteiger partial charge is 0.328 e. The Bertz CT molecular complexity index is 2680. The standard InChI is InChI=1S/C46H52N12O4/c1-26-18-29(6-13-35(26)27(2)49-42(60)43-52-44(54-62-43)46(3,4)5)40-36-22-37(50-41(36)48-25-47-40)38-21-34-24-55(16-17-57(34)53-38)23-28-19-32-11-12-33(20-28)58(32)31-9-7-30(8-10-31)56-15-14-39(59)51-45(56)61/h6-10,13,18,21-22,25,27-28,32-33H,11-12,14-17,19-20,23-24H2,1-5H3,(H,49,60)(H,47,48,50)(H,51,59,61)/t27-,28?,32?,33?/m1/s1. The first kappa shape index (κ1) is 39.7. The van der Waals surface area contributed by atoms with E-state index < -0.39 is 5.91 Å². The first-order chi connectivity index (χ1) is 29.8. The van der Waals surface area contributed by atoms with E-state index in [-0.39, 0.29) is 29.3 Å². The van der Waals surface area contributed by atoms with Crippen LogP contribution in [0.25, 0.3) is 33.7 Å². The van der Waals surface area contributed by atoms with Crippen molar-refractivity contribution in [2.24, 2.45) is 5.92 Å². The van der Waals surface area contributed by atoms with Gasteiger partial charge < -0.3 is 19.7 Å². The maximum Gasteiger partial charge on any atom is 0.328 e. The Balaban J connectivity index is 0.781. The van der Waals surface area contributed by atoms with Crippen LogP contribution >= 0.6 is 0 Å².